The van der Waals surface area contributed by atoms with Crippen molar-refractivity contribution in [3.05, 3.63) is 0 Å². The summed E-state index contributed by atoms with van der Waals surface area (Å²) in [6.45, 7) is 0. The summed E-state index contributed by atoms with van der Waals surface area (Å²) in [4.78, 5) is 0. The van der Waals surface area contributed by atoms with Crippen molar-refractivity contribution in [3.63, 3.8) is 0 Å². The first-order valence-corrected chi connectivity index (χ1v) is 10.1. The number of hydrogen-bond acceptors (Lipinski definition) is 1. The van der Waals surface area contributed by atoms with Gasteiger partial charge in [0.05, 0.1) is 0 Å². The van der Waals surface area contributed by atoms with E-state index in [1.165, 1.54) is 0 Å². The zero-order valence-electron chi connectivity index (χ0n) is 1.91. The van der Waals surface area contributed by atoms with E-state index in [2.05, 4.69) is 0 Å². The van der Waals surface area contributed by atoms with Gasteiger partial charge in [0.25, 0.3) is 0 Å². The molecule has 0 aromatic carbocycles. The van der Waals surface area contributed by atoms with Crippen LogP contribution in [0.3, 0.4) is 0 Å². The third kappa shape index (κ3) is 9.90. The Balaban J connectivity index is 0. The average Bonchev–Trinajstić information content (AvgIpc) is 0.918. The minimum absolute atomic E-state index is 0. The van der Waals surface area contributed by atoms with E-state index in [1.807, 2.05) is 0 Å². The summed E-state index contributed by atoms with van der Waals surface area (Å²) in [5.41, 5.74) is 0. The van der Waals surface area contributed by atoms with Gasteiger partial charge in [-0.1, -0.05) is 0 Å². The second-order valence-corrected chi connectivity index (χ2v) is 3.62. The van der Waals surface area contributed by atoms with Gasteiger partial charge < -0.3 is 0 Å². The first-order chi connectivity index (χ1) is 1.41. The van der Waals surface area contributed by atoms with E-state index >= 15 is 0 Å². The topological polar surface area (TPSA) is 17.1 Å². The van der Waals surface area contributed by atoms with Gasteiger partial charge in [-0.05, 0) is 0 Å². The fourth-order valence-corrected chi connectivity index (χ4v) is 0. The summed E-state index contributed by atoms with van der Waals surface area (Å²) in [7, 11) is 0.983. The fraction of sp³-hybridized carbons (Fsp3) is 0. The molecule has 4 heavy (non-hydrogen) atoms. The molecule has 0 aromatic rings. The Morgan fingerprint density at radius 1 is 1.75 bits per heavy atom. The Bertz CT molecular complexity index is 15.5. The third-order valence-corrected chi connectivity index (χ3v) is 0. The molecule has 0 aliphatic heterocycles. The van der Waals surface area contributed by atoms with Crippen LogP contribution in [0.2, 0.25) is 0 Å². The maximum atomic E-state index is 9.16. The van der Waals surface area contributed by atoms with E-state index in [4.69, 9.17) is 2.81 Å². The van der Waals surface area contributed by atoms with Crippen LogP contribution in [0.1, 0.15) is 0 Å². The van der Waals surface area contributed by atoms with Gasteiger partial charge in [0.2, 0.25) is 0 Å². The second-order valence-electron chi connectivity index (χ2n) is 0.204. The van der Waals surface area contributed by atoms with Crippen LogP contribution in [0.4, 0.5) is 0 Å². The van der Waals surface area contributed by atoms with Crippen LogP contribution in [0.15, 0.2) is 0 Å². The molecule has 1 nitrogen and oxygen atoms in total. The van der Waals surface area contributed by atoms with Gasteiger partial charge in [0.1, 0.15) is 0 Å². The SMILES string of the molecule is [AlH3].[O]=[Zr][SiH3]. The molecule has 0 bridgehead atoms. The van der Waals surface area contributed by atoms with Crippen LogP contribution < -0.4 is 0 Å². The van der Waals surface area contributed by atoms with E-state index in [-0.39, 0.29) is 17.4 Å². The van der Waals surface area contributed by atoms with E-state index in [9.17, 15) is 0 Å². The Morgan fingerprint density at radius 3 is 1.75 bits per heavy atom. The van der Waals surface area contributed by atoms with Crippen molar-refractivity contribution in [3.8, 4) is 0 Å². The van der Waals surface area contributed by atoms with Gasteiger partial charge >= 0.3 is 32.6 Å². The van der Waals surface area contributed by atoms with Crippen molar-refractivity contribution < 1.29 is 25.2 Å². The van der Waals surface area contributed by atoms with Crippen molar-refractivity contribution in [2.45, 2.75) is 0 Å². The van der Waals surface area contributed by atoms with E-state index in [0.717, 1.165) is 7.37 Å². The van der Waals surface area contributed by atoms with Gasteiger partial charge in [-0.3, -0.25) is 0 Å². The van der Waals surface area contributed by atoms with Crippen LogP contribution in [0.25, 0.3) is 0 Å². The molecule has 0 aliphatic carbocycles. The molecule has 0 radical (unpaired) electrons. The molecule has 0 heterocycles. The summed E-state index contributed by atoms with van der Waals surface area (Å²) in [5, 5.41) is 0. The van der Waals surface area contributed by atoms with E-state index in [1.54, 1.807) is 0 Å². The van der Waals surface area contributed by atoms with Gasteiger partial charge in [0.15, 0.2) is 17.4 Å². The normalized spacial score (nSPS) is 3.00. The Kier molecular flexibility index (Phi) is 20.0. The van der Waals surface area contributed by atoms with Crippen molar-refractivity contribution in [2.24, 2.45) is 0 Å². The van der Waals surface area contributed by atoms with Crippen LogP contribution >= 0.6 is 0 Å². The molecule has 0 atom stereocenters. The Labute approximate surface area is 49.7 Å². The van der Waals surface area contributed by atoms with Gasteiger partial charge in [-0.25, -0.2) is 0 Å². The quantitative estimate of drug-likeness (QED) is 0.366. The van der Waals surface area contributed by atoms with Gasteiger partial charge in [0, 0.05) is 0 Å². The van der Waals surface area contributed by atoms with Gasteiger partial charge in [-0.2, -0.15) is 0 Å². The molecular formula is H6AlOSiZr. The molecule has 0 saturated carbocycles. The summed E-state index contributed by atoms with van der Waals surface area (Å²) < 4.78 is 9.16. The first-order valence-electron chi connectivity index (χ1n) is 0.704. The predicted molar refractivity (Wildman–Crippen MR) is 20.6 cm³/mol. The van der Waals surface area contributed by atoms with Crippen LogP contribution in [0.5, 0.6) is 0 Å². The molecule has 0 rings (SSSR count). The van der Waals surface area contributed by atoms with Crippen LogP contribution in [-0.2, 0) is 25.2 Å². The van der Waals surface area contributed by atoms with Crippen molar-refractivity contribution >= 4 is 24.7 Å². The first kappa shape index (κ1) is 9.06. The van der Waals surface area contributed by atoms with Gasteiger partial charge in [-0.15, -0.1) is 0 Å². The molecule has 23 valence electrons. The summed E-state index contributed by atoms with van der Waals surface area (Å²) in [6, 6.07) is 0. The van der Waals surface area contributed by atoms with Crippen LogP contribution in [0, 0.1) is 0 Å². The van der Waals surface area contributed by atoms with Crippen molar-refractivity contribution in [2.75, 3.05) is 0 Å². The molecule has 0 saturated heterocycles. The zero-order valence-corrected chi connectivity index (χ0v) is 6.37. The van der Waals surface area contributed by atoms with Crippen molar-refractivity contribution in [1.29, 1.82) is 0 Å². The molecule has 4 heteroatoms. The minimum atomic E-state index is -0.881. The molecule has 0 N–H and O–H groups in total. The Morgan fingerprint density at radius 2 is 1.75 bits per heavy atom. The van der Waals surface area contributed by atoms with E-state index < -0.39 is 22.4 Å². The summed E-state index contributed by atoms with van der Waals surface area (Å²) in [5.74, 6) is 0. The van der Waals surface area contributed by atoms with Crippen molar-refractivity contribution in [1.82, 2.24) is 0 Å². The summed E-state index contributed by atoms with van der Waals surface area (Å²) >= 11 is -0.881. The molecule has 0 unspecified atom stereocenters. The fourth-order valence-electron chi connectivity index (χ4n) is 0. The predicted octanol–water partition coefficient (Wildman–Crippen LogP) is -2.49. The standard InChI is InChI=1S/Al.O.H3Si.Zr.3H/h;;1H3;;;;. The number of rotatable bonds is 0. The summed E-state index contributed by atoms with van der Waals surface area (Å²) in [6.07, 6.45) is 0. The second kappa shape index (κ2) is 8.83. The molecule has 0 aromatic heterocycles. The molecular weight excluding hydrogens is 162 g/mol. The number of hydrogen-bond donors (Lipinski definition) is 0. The maximum absolute atomic E-state index is 9.16. The monoisotopic (exact) mass is 167 g/mol. The average molecular weight is 168 g/mol. The molecule has 0 amide bonds. The third-order valence-electron chi connectivity index (χ3n) is 0. The zero-order chi connectivity index (χ0) is 2.71. The van der Waals surface area contributed by atoms with Crippen LogP contribution in [-0.4, -0.2) is 24.7 Å². The Hall–Kier alpha value is 1.43. The molecule has 0 spiro atoms. The molecule has 0 fully saturated rings. The molecule has 0 aliphatic rings. The van der Waals surface area contributed by atoms with E-state index in [0.29, 0.717) is 0 Å².